The summed E-state index contributed by atoms with van der Waals surface area (Å²) in [5.74, 6) is 0.802. The molecular weight excluding hydrogens is 226 g/mol. The molecule has 2 aromatic heterocycles. The lowest BCUT2D eigenvalue weighted by atomic mass is 10.4. The summed E-state index contributed by atoms with van der Waals surface area (Å²) in [6.45, 7) is 1.24. The number of rotatable bonds is 5. The second-order valence-corrected chi connectivity index (χ2v) is 4.12. The molecule has 0 aliphatic heterocycles. The highest BCUT2D eigenvalue weighted by molar-refractivity contribution is 7.16. The molecule has 0 spiro atoms. The smallest absolute Gasteiger partial charge is 0.227 e. The van der Waals surface area contributed by atoms with Crippen LogP contribution in [0.2, 0.25) is 0 Å². The zero-order valence-electron chi connectivity index (χ0n) is 8.97. The van der Waals surface area contributed by atoms with E-state index in [0.29, 0.717) is 19.1 Å². The summed E-state index contributed by atoms with van der Waals surface area (Å²) in [6, 6.07) is 1.94. The molecule has 0 radical (unpaired) electrons. The molecule has 0 saturated carbocycles. The van der Waals surface area contributed by atoms with Gasteiger partial charge in [-0.1, -0.05) is 0 Å². The molecule has 0 unspecified atom stereocenters. The van der Waals surface area contributed by atoms with Crippen molar-refractivity contribution in [2.75, 3.05) is 26.1 Å². The van der Waals surface area contributed by atoms with Crippen LogP contribution in [-0.4, -0.2) is 30.3 Å². The Balaban J connectivity index is 2.12. The van der Waals surface area contributed by atoms with E-state index < -0.39 is 0 Å². The fourth-order valence-electron chi connectivity index (χ4n) is 1.33. The number of aromatic nitrogens is 2. The van der Waals surface area contributed by atoms with Crippen LogP contribution in [0.25, 0.3) is 10.2 Å². The van der Waals surface area contributed by atoms with E-state index in [0.717, 1.165) is 16.6 Å². The first kappa shape index (κ1) is 11.1. The van der Waals surface area contributed by atoms with Crippen LogP contribution in [0.3, 0.4) is 0 Å². The highest BCUT2D eigenvalue weighted by Gasteiger charge is 2.07. The third-order valence-corrected chi connectivity index (χ3v) is 2.85. The summed E-state index contributed by atoms with van der Waals surface area (Å²) in [5.41, 5.74) is 5.59. The van der Waals surface area contributed by atoms with Gasteiger partial charge in [0, 0.05) is 20.1 Å². The molecule has 0 atom stereocenters. The molecule has 0 aromatic carbocycles. The SMILES string of the molecule is COCCCOc1nc(N)nc2sccc12. The molecule has 0 fully saturated rings. The van der Waals surface area contributed by atoms with Gasteiger partial charge in [0.15, 0.2) is 0 Å². The average Bonchev–Trinajstić information content (AvgIpc) is 2.72. The lowest BCUT2D eigenvalue weighted by Gasteiger charge is -2.06. The zero-order valence-corrected chi connectivity index (χ0v) is 9.79. The maximum Gasteiger partial charge on any atom is 0.227 e. The van der Waals surface area contributed by atoms with Gasteiger partial charge in [0.05, 0.1) is 12.0 Å². The molecule has 5 nitrogen and oxygen atoms in total. The molecule has 2 heterocycles. The highest BCUT2D eigenvalue weighted by Crippen LogP contribution is 2.27. The van der Waals surface area contributed by atoms with E-state index in [1.807, 2.05) is 11.4 Å². The van der Waals surface area contributed by atoms with Gasteiger partial charge in [0.2, 0.25) is 11.8 Å². The summed E-state index contributed by atoms with van der Waals surface area (Å²) < 4.78 is 10.5. The summed E-state index contributed by atoms with van der Waals surface area (Å²) in [4.78, 5) is 9.06. The Kier molecular flexibility index (Phi) is 3.53. The maximum atomic E-state index is 5.59. The van der Waals surface area contributed by atoms with Crippen molar-refractivity contribution in [3.05, 3.63) is 11.4 Å². The Morgan fingerprint density at radius 2 is 2.25 bits per heavy atom. The van der Waals surface area contributed by atoms with Crippen molar-refractivity contribution in [1.29, 1.82) is 0 Å². The Hall–Kier alpha value is -1.40. The van der Waals surface area contributed by atoms with Crippen molar-refractivity contribution in [1.82, 2.24) is 9.97 Å². The molecule has 16 heavy (non-hydrogen) atoms. The lowest BCUT2D eigenvalue weighted by Crippen LogP contribution is -2.04. The minimum atomic E-state index is 0.247. The Morgan fingerprint density at radius 1 is 1.38 bits per heavy atom. The van der Waals surface area contributed by atoms with Crippen molar-refractivity contribution < 1.29 is 9.47 Å². The number of nitrogen functional groups attached to an aromatic ring is 1. The van der Waals surface area contributed by atoms with Crippen LogP contribution in [-0.2, 0) is 4.74 Å². The van der Waals surface area contributed by atoms with Gasteiger partial charge < -0.3 is 15.2 Å². The minimum Gasteiger partial charge on any atom is -0.477 e. The van der Waals surface area contributed by atoms with Gasteiger partial charge in [-0.2, -0.15) is 4.98 Å². The monoisotopic (exact) mass is 239 g/mol. The molecule has 0 amide bonds. The summed E-state index contributed by atoms with van der Waals surface area (Å²) in [5, 5.41) is 2.86. The third kappa shape index (κ3) is 2.40. The Morgan fingerprint density at radius 3 is 3.06 bits per heavy atom. The molecule has 0 aliphatic rings. The number of thiophene rings is 1. The maximum absolute atomic E-state index is 5.59. The fourth-order valence-corrected chi connectivity index (χ4v) is 2.09. The lowest BCUT2D eigenvalue weighted by molar-refractivity contribution is 0.171. The quantitative estimate of drug-likeness (QED) is 0.804. The molecule has 6 heteroatoms. The van der Waals surface area contributed by atoms with E-state index >= 15 is 0 Å². The molecule has 0 bridgehead atoms. The van der Waals surface area contributed by atoms with Gasteiger partial charge in [0.1, 0.15) is 4.83 Å². The molecular formula is C10H13N3O2S. The summed E-state index contributed by atoms with van der Waals surface area (Å²) in [6.07, 6.45) is 0.825. The van der Waals surface area contributed by atoms with Crippen molar-refractivity contribution >= 4 is 27.5 Å². The van der Waals surface area contributed by atoms with Crippen LogP contribution < -0.4 is 10.5 Å². The first-order valence-electron chi connectivity index (χ1n) is 4.93. The highest BCUT2D eigenvalue weighted by atomic mass is 32.1. The van der Waals surface area contributed by atoms with Gasteiger partial charge in [-0.3, -0.25) is 0 Å². The summed E-state index contributed by atoms with van der Waals surface area (Å²) in [7, 11) is 1.67. The van der Waals surface area contributed by atoms with Crippen molar-refractivity contribution in [2.45, 2.75) is 6.42 Å². The van der Waals surface area contributed by atoms with E-state index in [9.17, 15) is 0 Å². The van der Waals surface area contributed by atoms with Crippen molar-refractivity contribution in [2.24, 2.45) is 0 Å². The third-order valence-electron chi connectivity index (χ3n) is 2.04. The number of anilines is 1. The Bertz CT molecular complexity index is 472. The normalized spacial score (nSPS) is 10.8. The second kappa shape index (κ2) is 5.09. The van der Waals surface area contributed by atoms with Crippen LogP contribution >= 0.6 is 11.3 Å². The van der Waals surface area contributed by atoms with Crippen LogP contribution in [0.5, 0.6) is 5.88 Å². The standard InChI is InChI=1S/C10H13N3O2S/c1-14-4-2-5-15-8-7-3-6-16-9(7)13-10(11)12-8/h3,6H,2,4-5H2,1H3,(H2,11,12,13). The fraction of sp³-hybridized carbons (Fsp3) is 0.400. The van der Waals surface area contributed by atoms with E-state index in [1.54, 1.807) is 7.11 Å². The first-order valence-corrected chi connectivity index (χ1v) is 5.81. The van der Waals surface area contributed by atoms with Crippen LogP contribution in [0, 0.1) is 0 Å². The van der Waals surface area contributed by atoms with E-state index in [4.69, 9.17) is 15.2 Å². The van der Waals surface area contributed by atoms with E-state index in [1.165, 1.54) is 11.3 Å². The zero-order chi connectivity index (χ0) is 11.4. The van der Waals surface area contributed by atoms with Gasteiger partial charge in [-0.05, 0) is 11.4 Å². The molecule has 2 aromatic rings. The second-order valence-electron chi connectivity index (χ2n) is 3.22. The first-order chi connectivity index (χ1) is 7.81. The molecule has 2 N–H and O–H groups in total. The van der Waals surface area contributed by atoms with Crippen LogP contribution in [0.4, 0.5) is 5.95 Å². The van der Waals surface area contributed by atoms with Crippen LogP contribution in [0.15, 0.2) is 11.4 Å². The topological polar surface area (TPSA) is 70.3 Å². The molecule has 0 saturated heterocycles. The number of ether oxygens (including phenoxy) is 2. The average molecular weight is 239 g/mol. The van der Waals surface area contributed by atoms with Gasteiger partial charge >= 0.3 is 0 Å². The predicted octanol–water partition coefficient (Wildman–Crippen LogP) is 1.69. The Labute approximate surface area is 97.2 Å². The minimum absolute atomic E-state index is 0.247. The molecule has 86 valence electrons. The summed E-state index contributed by atoms with van der Waals surface area (Å²) >= 11 is 1.52. The van der Waals surface area contributed by atoms with Crippen molar-refractivity contribution in [3.63, 3.8) is 0 Å². The number of fused-ring (bicyclic) bond motifs is 1. The van der Waals surface area contributed by atoms with Gasteiger partial charge in [-0.25, -0.2) is 4.98 Å². The van der Waals surface area contributed by atoms with E-state index in [2.05, 4.69) is 9.97 Å². The number of methoxy groups -OCH3 is 1. The van der Waals surface area contributed by atoms with Crippen molar-refractivity contribution in [3.8, 4) is 5.88 Å². The number of nitrogens with two attached hydrogens (primary N) is 1. The number of nitrogens with zero attached hydrogens (tertiary/aromatic N) is 2. The van der Waals surface area contributed by atoms with Gasteiger partial charge in [-0.15, -0.1) is 11.3 Å². The largest absolute Gasteiger partial charge is 0.477 e. The molecule has 0 aliphatic carbocycles. The van der Waals surface area contributed by atoms with Crippen LogP contribution in [0.1, 0.15) is 6.42 Å². The van der Waals surface area contributed by atoms with Gasteiger partial charge in [0.25, 0.3) is 0 Å². The number of hydrogen-bond acceptors (Lipinski definition) is 6. The van der Waals surface area contributed by atoms with E-state index in [-0.39, 0.29) is 5.95 Å². The predicted molar refractivity (Wildman–Crippen MR) is 63.8 cm³/mol. The number of hydrogen-bond donors (Lipinski definition) is 1. The molecule has 2 rings (SSSR count).